The van der Waals surface area contributed by atoms with Gasteiger partial charge in [-0.2, -0.15) is 0 Å². The lowest BCUT2D eigenvalue weighted by molar-refractivity contribution is -0.136. The third-order valence-electron chi connectivity index (χ3n) is 3.63. The fraction of sp³-hybridized carbons (Fsp3) is 0.625. The summed E-state index contributed by atoms with van der Waals surface area (Å²) in [5.74, 6) is -2.75. The summed E-state index contributed by atoms with van der Waals surface area (Å²) in [5.41, 5.74) is 15.7. The van der Waals surface area contributed by atoms with E-state index in [2.05, 4.69) is 20.9 Å². The van der Waals surface area contributed by atoms with Gasteiger partial charge in [0.1, 0.15) is 6.04 Å². The third kappa shape index (κ3) is 12.6. The number of guanidine groups is 1. The molecule has 0 saturated carbocycles. The van der Waals surface area contributed by atoms with Gasteiger partial charge < -0.3 is 38.1 Å². The van der Waals surface area contributed by atoms with Crippen LogP contribution in [0.2, 0.25) is 0 Å². The maximum atomic E-state index is 12.0. The molecule has 1 unspecified atom stereocenters. The van der Waals surface area contributed by atoms with Crippen LogP contribution in [-0.2, 0) is 24.0 Å². The number of nitrogens with two attached hydrogens (primary N) is 3. The Morgan fingerprint density at radius 1 is 0.966 bits per heavy atom. The molecule has 0 bridgehead atoms. The highest BCUT2D eigenvalue weighted by Gasteiger charge is 2.20. The van der Waals surface area contributed by atoms with Gasteiger partial charge in [-0.3, -0.25) is 29.0 Å². The summed E-state index contributed by atoms with van der Waals surface area (Å²) in [6.45, 7) is 0.994. The van der Waals surface area contributed by atoms with E-state index in [1.807, 2.05) is 0 Å². The SMILES string of the molecule is CCC(=O)NCC(=O)NCC(=O)N(C)CC(=O)NC(CCCN=C(N)N)C(N)=O. The predicted octanol–water partition coefficient (Wildman–Crippen LogP) is -3.89. The van der Waals surface area contributed by atoms with Crippen molar-refractivity contribution in [3.05, 3.63) is 0 Å². The molecule has 29 heavy (non-hydrogen) atoms. The molecule has 0 aromatic rings. The Balaban J connectivity index is 4.35. The van der Waals surface area contributed by atoms with Crippen molar-refractivity contribution in [2.24, 2.45) is 22.2 Å². The minimum absolute atomic E-state index is 0.0790. The van der Waals surface area contributed by atoms with Gasteiger partial charge >= 0.3 is 0 Å². The Morgan fingerprint density at radius 2 is 1.59 bits per heavy atom. The van der Waals surface area contributed by atoms with Crippen molar-refractivity contribution in [2.75, 3.05) is 33.2 Å². The Kier molecular flexibility index (Phi) is 12.1. The number of aliphatic imine (C=N–C) groups is 1. The van der Waals surface area contributed by atoms with E-state index in [4.69, 9.17) is 17.2 Å². The van der Waals surface area contributed by atoms with Crippen molar-refractivity contribution >= 4 is 35.5 Å². The number of carbonyl (C=O) groups is 5. The topological polar surface area (TPSA) is 215 Å². The van der Waals surface area contributed by atoms with Gasteiger partial charge in [0.2, 0.25) is 29.5 Å². The zero-order valence-corrected chi connectivity index (χ0v) is 16.7. The van der Waals surface area contributed by atoms with Gasteiger partial charge in [0.05, 0.1) is 19.6 Å². The highest BCUT2D eigenvalue weighted by atomic mass is 16.2. The first-order valence-corrected chi connectivity index (χ1v) is 8.98. The molecular formula is C16H30N8O5. The summed E-state index contributed by atoms with van der Waals surface area (Å²) < 4.78 is 0. The van der Waals surface area contributed by atoms with Gasteiger partial charge in [-0.25, -0.2) is 0 Å². The first-order chi connectivity index (χ1) is 13.6. The van der Waals surface area contributed by atoms with E-state index in [9.17, 15) is 24.0 Å². The summed E-state index contributed by atoms with van der Waals surface area (Å²) in [6.07, 6.45) is 0.890. The first-order valence-electron chi connectivity index (χ1n) is 8.98. The zero-order chi connectivity index (χ0) is 22.4. The summed E-state index contributed by atoms with van der Waals surface area (Å²) >= 11 is 0. The van der Waals surface area contributed by atoms with Crippen LogP contribution in [0.3, 0.4) is 0 Å². The second-order valence-corrected chi connectivity index (χ2v) is 6.13. The molecule has 164 valence electrons. The van der Waals surface area contributed by atoms with Crippen LogP contribution in [0, 0.1) is 0 Å². The normalized spacial score (nSPS) is 11.0. The second-order valence-electron chi connectivity index (χ2n) is 6.13. The van der Waals surface area contributed by atoms with Gasteiger partial charge in [-0.15, -0.1) is 0 Å². The standard InChI is InChI=1S/C16H30N8O5/c1-3-11(25)21-7-12(26)22-8-14(28)24(2)9-13(27)23-10(15(17)29)5-4-6-20-16(18)19/h10H,3-9H2,1-2H3,(H2,17,29)(H,21,25)(H,22,26)(H,23,27)(H4,18,19,20). The molecule has 0 rings (SSSR count). The third-order valence-corrected chi connectivity index (χ3v) is 3.63. The van der Waals surface area contributed by atoms with E-state index in [1.165, 1.54) is 7.05 Å². The largest absolute Gasteiger partial charge is 0.370 e. The smallest absolute Gasteiger partial charge is 0.242 e. The average Bonchev–Trinajstić information content (AvgIpc) is 2.65. The Labute approximate surface area is 168 Å². The summed E-state index contributed by atoms with van der Waals surface area (Å²) in [7, 11) is 1.37. The number of hydrogen-bond acceptors (Lipinski definition) is 6. The van der Waals surface area contributed by atoms with Gasteiger partial charge in [0, 0.05) is 20.0 Å². The fourth-order valence-electron chi connectivity index (χ4n) is 2.01. The van der Waals surface area contributed by atoms with Crippen LogP contribution < -0.4 is 33.2 Å². The maximum absolute atomic E-state index is 12.0. The van der Waals surface area contributed by atoms with Crippen molar-refractivity contribution in [3.8, 4) is 0 Å². The zero-order valence-electron chi connectivity index (χ0n) is 16.7. The first kappa shape index (κ1) is 25.6. The van der Waals surface area contributed by atoms with Crippen LogP contribution >= 0.6 is 0 Å². The monoisotopic (exact) mass is 414 g/mol. The number of primary amides is 1. The highest BCUT2D eigenvalue weighted by molar-refractivity contribution is 5.91. The molecule has 0 aliphatic carbocycles. The van der Waals surface area contributed by atoms with E-state index in [-0.39, 0.29) is 50.9 Å². The molecule has 0 fully saturated rings. The van der Waals surface area contributed by atoms with Crippen molar-refractivity contribution < 1.29 is 24.0 Å². The van der Waals surface area contributed by atoms with Crippen LogP contribution in [0.4, 0.5) is 0 Å². The second kappa shape index (κ2) is 13.7. The molecule has 0 spiro atoms. The van der Waals surface area contributed by atoms with Crippen molar-refractivity contribution in [1.82, 2.24) is 20.9 Å². The minimum atomic E-state index is -0.929. The fourth-order valence-corrected chi connectivity index (χ4v) is 2.01. The molecule has 0 aromatic carbocycles. The number of amides is 5. The van der Waals surface area contributed by atoms with Crippen molar-refractivity contribution in [3.63, 3.8) is 0 Å². The summed E-state index contributed by atoms with van der Waals surface area (Å²) in [6, 6.07) is -0.929. The van der Waals surface area contributed by atoms with E-state index in [0.29, 0.717) is 6.42 Å². The number of carbonyl (C=O) groups excluding carboxylic acids is 5. The Morgan fingerprint density at radius 3 is 2.14 bits per heavy atom. The van der Waals surface area contributed by atoms with E-state index >= 15 is 0 Å². The molecule has 0 saturated heterocycles. The van der Waals surface area contributed by atoms with Crippen molar-refractivity contribution in [2.45, 2.75) is 32.2 Å². The van der Waals surface area contributed by atoms with E-state index in [1.54, 1.807) is 6.92 Å². The highest BCUT2D eigenvalue weighted by Crippen LogP contribution is 1.98. The lowest BCUT2D eigenvalue weighted by Gasteiger charge is -2.20. The summed E-state index contributed by atoms with van der Waals surface area (Å²) in [4.78, 5) is 63.0. The van der Waals surface area contributed by atoms with Gasteiger partial charge in [-0.1, -0.05) is 6.92 Å². The lowest BCUT2D eigenvalue weighted by Crippen LogP contribution is -2.49. The number of likely N-dealkylation sites (N-methyl/N-ethyl adjacent to an activating group) is 1. The average molecular weight is 414 g/mol. The number of nitrogens with zero attached hydrogens (tertiary/aromatic N) is 2. The molecule has 0 aromatic heterocycles. The molecule has 0 aliphatic rings. The van der Waals surface area contributed by atoms with Crippen LogP contribution in [-0.4, -0.2) is 79.7 Å². The van der Waals surface area contributed by atoms with Crippen LogP contribution in [0.25, 0.3) is 0 Å². The quantitative estimate of drug-likeness (QED) is 0.0999. The molecule has 0 heterocycles. The molecule has 0 radical (unpaired) electrons. The van der Waals surface area contributed by atoms with Crippen molar-refractivity contribution in [1.29, 1.82) is 0 Å². The molecule has 13 heteroatoms. The predicted molar refractivity (Wildman–Crippen MR) is 105 cm³/mol. The molecule has 0 aliphatic heterocycles. The molecule has 5 amide bonds. The maximum Gasteiger partial charge on any atom is 0.242 e. The van der Waals surface area contributed by atoms with Crippen LogP contribution in [0.5, 0.6) is 0 Å². The van der Waals surface area contributed by atoms with Gasteiger partial charge in [0.25, 0.3) is 0 Å². The van der Waals surface area contributed by atoms with E-state index < -0.39 is 29.7 Å². The Bertz CT molecular complexity index is 633. The molecule has 13 nitrogen and oxygen atoms in total. The molecule has 1 atom stereocenters. The Hall–Kier alpha value is -3.38. The van der Waals surface area contributed by atoms with Crippen LogP contribution in [0.15, 0.2) is 4.99 Å². The number of rotatable bonds is 13. The lowest BCUT2D eigenvalue weighted by atomic mass is 10.1. The van der Waals surface area contributed by atoms with Gasteiger partial charge in [-0.05, 0) is 12.8 Å². The van der Waals surface area contributed by atoms with E-state index in [0.717, 1.165) is 4.90 Å². The van der Waals surface area contributed by atoms with Gasteiger partial charge in [0.15, 0.2) is 5.96 Å². The minimum Gasteiger partial charge on any atom is -0.370 e. The van der Waals surface area contributed by atoms with Crippen LogP contribution in [0.1, 0.15) is 26.2 Å². The summed E-state index contributed by atoms with van der Waals surface area (Å²) in [5, 5.41) is 7.15. The number of nitrogens with one attached hydrogen (secondary N) is 3. The molecular weight excluding hydrogens is 384 g/mol. The molecule has 9 N–H and O–H groups in total. The number of hydrogen-bond donors (Lipinski definition) is 6.